The summed E-state index contributed by atoms with van der Waals surface area (Å²) in [6.07, 6.45) is -7.07. The normalized spacial score (nSPS) is 18.0. The third kappa shape index (κ3) is 6.94. The average molecular weight is 150 g/mol. The summed E-state index contributed by atoms with van der Waals surface area (Å²) in [6, 6.07) is 0. The van der Waals surface area contributed by atoms with Crippen molar-refractivity contribution in [3.05, 3.63) is 0 Å². The van der Waals surface area contributed by atoms with Gasteiger partial charge in [0, 0.05) is 18.3 Å². The second-order valence-electron chi connectivity index (χ2n) is 1.50. The van der Waals surface area contributed by atoms with Crippen molar-refractivity contribution in [1.29, 1.82) is 0 Å². The smallest absolute Gasteiger partial charge is 0.303 e. The number of carboxylic acids is 2. The lowest BCUT2D eigenvalue weighted by atomic mass is 10.2. The Morgan fingerprint density at radius 2 is 1.90 bits per heavy atom. The van der Waals surface area contributed by atoms with E-state index in [1.807, 2.05) is 0 Å². The summed E-state index contributed by atoms with van der Waals surface area (Å²) in [4.78, 5) is 20.5. The van der Waals surface area contributed by atoms with Crippen LogP contribution in [0.3, 0.4) is 0 Å². The molecule has 0 amide bonds. The monoisotopic (exact) mass is 150 g/mol. The molecule has 4 heteroatoms. The van der Waals surface area contributed by atoms with Crippen LogP contribution in [0.15, 0.2) is 0 Å². The van der Waals surface area contributed by atoms with Gasteiger partial charge in [-0.15, -0.1) is 0 Å². The van der Waals surface area contributed by atoms with E-state index in [1.165, 1.54) is 0 Å². The lowest BCUT2D eigenvalue weighted by molar-refractivity contribution is -0.139. The van der Waals surface area contributed by atoms with E-state index < -0.39 is 37.5 Å². The van der Waals surface area contributed by atoms with Gasteiger partial charge in [0.2, 0.25) is 0 Å². The summed E-state index contributed by atoms with van der Waals surface area (Å²) < 4.78 is 28.1. The maximum Gasteiger partial charge on any atom is 0.303 e. The van der Waals surface area contributed by atoms with Crippen molar-refractivity contribution in [3.63, 3.8) is 0 Å². The van der Waals surface area contributed by atoms with Gasteiger partial charge < -0.3 is 10.2 Å². The highest BCUT2D eigenvalue weighted by Crippen LogP contribution is 1.98. The van der Waals surface area contributed by atoms with Gasteiger partial charge in [-0.25, -0.2) is 0 Å². The molecule has 0 aliphatic rings. The van der Waals surface area contributed by atoms with Gasteiger partial charge in [-0.05, 0) is 12.8 Å². The number of hydrogen-bond donors (Lipinski definition) is 2. The van der Waals surface area contributed by atoms with Crippen molar-refractivity contribution in [1.82, 2.24) is 0 Å². The Morgan fingerprint density at radius 3 is 2.30 bits per heavy atom. The van der Waals surface area contributed by atoms with Crippen LogP contribution in [0.5, 0.6) is 0 Å². The Kier molecular flexibility index (Phi) is 1.89. The first-order chi connectivity index (χ1) is 6.11. The molecule has 2 N–H and O–H groups in total. The molecular weight excluding hydrogens is 136 g/mol. The van der Waals surface area contributed by atoms with Crippen LogP contribution >= 0.6 is 0 Å². The zero-order valence-electron chi connectivity index (χ0n) is 9.13. The first kappa shape index (κ1) is 3.95. The fraction of sp³-hybridized carbons (Fsp3) is 0.667. The molecule has 0 radical (unpaired) electrons. The van der Waals surface area contributed by atoms with Crippen LogP contribution in [0.1, 0.15) is 31.1 Å². The fourth-order valence-corrected chi connectivity index (χ4v) is 0.308. The zero-order valence-corrected chi connectivity index (χ0v) is 5.13. The van der Waals surface area contributed by atoms with Gasteiger partial charge in [0.05, 0.1) is 0 Å². The fourth-order valence-electron chi connectivity index (χ4n) is 0.308. The number of hydrogen-bond acceptors (Lipinski definition) is 2. The molecule has 58 valence electrons. The first-order valence-electron chi connectivity index (χ1n) is 4.56. The van der Waals surface area contributed by atoms with E-state index in [0.717, 1.165) is 0 Å². The van der Waals surface area contributed by atoms with Crippen LogP contribution in [0.2, 0.25) is 0 Å². The van der Waals surface area contributed by atoms with E-state index >= 15 is 0 Å². The summed E-state index contributed by atoms with van der Waals surface area (Å²) in [5, 5.41) is 16.6. The molecule has 0 aliphatic carbocycles. The number of carbonyl (C=O) groups is 2. The van der Waals surface area contributed by atoms with E-state index in [1.54, 1.807) is 0 Å². The Hall–Kier alpha value is -1.06. The number of aliphatic carboxylic acids is 2. The summed E-state index contributed by atoms with van der Waals surface area (Å²) in [7, 11) is 0. The molecule has 0 spiro atoms. The highest BCUT2D eigenvalue weighted by Gasteiger charge is 1.99. The Balaban J connectivity index is 4.59. The largest absolute Gasteiger partial charge is 0.481 e. The molecule has 10 heavy (non-hydrogen) atoms. The van der Waals surface area contributed by atoms with Crippen LogP contribution in [0.4, 0.5) is 0 Å². The topological polar surface area (TPSA) is 74.6 Å². The summed E-state index contributed by atoms with van der Waals surface area (Å²) in [5.41, 5.74) is 0. The third-order valence-corrected chi connectivity index (χ3v) is 0.659. The molecule has 0 aromatic carbocycles. The predicted octanol–water partition coefficient (Wildman–Crippen LogP) is 0.716. The van der Waals surface area contributed by atoms with Crippen molar-refractivity contribution in [2.24, 2.45) is 0 Å². The lowest BCUT2D eigenvalue weighted by Crippen LogP contribution is -1.97. The second-order valence-corrected chi connectivity index (χ2v) is 1.50. The molecule has 4 nitrogen and oxygen atoms in total. The first-order valence-corrected chi connectivity index (χ1v) is 2.56. The molecule has 0 atom stereocenters. The van der Waals surface area contributed by atoms with Crippen LogP contribution in [-0.4, -0.2) is 22.2 Å². The van der Waals surface area contributed by atoms with Gasteiger partial charge in [0.25, 0.3) is 0 Å². The molecule has 0 bridgehead atoms. The van der Waals surface area contributed by atoms with Gasteiger partial charge in [0.15, 0.2) is 0 Å². The minimum atomic E-state index is -3.08. The van der Waals surface area contributed by atoms with Gasteiger partial charge in [-0.1, -0.05) is 0 Å². The molecule has 0 aliphatic heterocycles. The van der Waals surface area contributed by atoms with Crippen LogP contribution in [0, 0.1) is 0 Å². The van der Waals surface area contributed by atoms with Gasteiger partial charge >= 0.3 is 11.9 Å². The molecular formula is C6H10O4. The molecule has 0 aromatic heterocycles. The highest BCUT2D eigenvalue weighted by molar-refractivity contribution is 5.67. The van der Waals surface area contributed by atoms with Crippen LogP contribution in [0.25, 0.3) is 0 Å². The van der Waals surface area contributed by atoms with Crippen LogP contribution in [-0.2, 0) is 9.59 Å². The van der Waals surface area contributed by atoms with E-state index in [-0.39, 0.29) is 0 Å². The molecule has 0 unspecified atom stereocenters. The van der Waals surface area contributed by atoms with Gasteiger partial charge in [-0.2, -0.15) is 0 Å². The minimum absolute atomic E-state index is 0.611. The SMILES string of the molecule is [2H]C([2H])(CCC(=O)O)C([2H])([2H])C(=O)O. The second kappa shape index (κ2) is 4.78. The summed E-state index contributed by atoms with van der Waals surface area (Å²) in [5.74, 6) is -3.23. The Labute approximate surface area is 64.1 Å². The van der Waals surface area contributed by atoms with E-state index in [9.17, 15) is 9.59 Å². The molecule has 0 fully saturated rings. The van der Waals surface area contributed by atoms with Crippen molar-refractivity contribution in [3.8, 4) is 0 Å². The quantitative estimate of drug-likeness (QED) is 0.605. The van der Waals surface area contributed by atoms with Gasteiger partial charge in [0.1, 0.15) is 0 Å². The van der Waals surface area contributed by atoms with Crippen molar-refractivity contribution in [2.45, 2.75) is 25.6 Å². The molecule has 0 saturated heterocycles. The average Bonchev–Trinajstić information content (AvgIpc) is 2.00. The summed E-state index contributed by atoms with van der Waals surface area (Å²) in [6.45, 7) is 0. The van der Waals surface area contributed by atoms with Crippen molar-refractivity contribution < 1.29 is 25.3 Å². The maximum absolute atomic E-state index is 10.3. The number of rotatable bonds is 5. The molecule has 0 rings (SSSR count). The highest BCUT2D eigenvalue weighted by atomic mass is 16.4. The molecule has 0 aromatic rings. The van der Waals surface area contributed by atoms with Gasteiger partial charge in [-0.3, -0.25) is 9.59 Å². The third-order valence-electron chi connectivity index (χ3n) is 0.659. The summed E-state index contributed by atoms with van der Waals surface area (Å²) >= 11 is 0. The van der Waals surface area contributed by atoms with Crippen molar-refractivity contribution >= 4 is 11.9 Å². The molecule has 0 heterocycles. The lowest BCUT2D eigenvalue weighted by Gasteiger charge is -1.92. The van der Waals surface area contributed by atoms with E-state index in [4.69, 9.17) is 15.7 Å². The predicted molar refractivity (Wildman–Crippen MR) is 33.7 cm³/mol. The Morgan fingerprint density at radius 1 is 1.30 bits per heavy atom. The van der Waals surface area contributed by atoms with E-state index in [0.29, 0.717) is 0 Å². The van der Waals surface area contributed by atoms with Crippen LogP contribution < -0.4 is 0 Å². The zero-order chi connectivity index (χ0) is 11.6. The number of carboxylic acid groups (broad SMARTS) is 2. The van der Waals surface area contributed by atoms with E-state index in [2.05, 4.69) is 0 Å². The van der Waals surface area contributed by atoms with Crippen molar-refractivity contribution in [2.75, 3.05) is 0 Å². The maximum atomic E-state index is 10.3. The Bertz CT molecular complexity index is 250. The minimum Gasteiger partial charge on any atom is -0.481 e. The molecule has 0 saturated carbocycles. The standard InChI is InChI=1S/C6H10O4/c7-5(8)3-1-2-4-6(9)10/h1-4H2,(H,7,8)(H,9,10)/i1D2,3D2.